The summed E-state index contributed by atoms with van der Waals surface area (Å²) >= 11 is 0. The van der Waals surface area contributed by atoms with E-state index in [1.807, 2.05) is 0 Å². The summed E-state index contributed by atoms with van der Waals surface area (Å²) in [6.45, 7) is 43.3. The van der Waals surface area contributed by atoms with Gasteiger partial charge >= 0.3 is 0 Å². The van der Waals surface area contributed by atoms with Crippen LogP contribution < -0.4 is 26.2 Å². The number of hydrogen-bond donors (Lipinski definition) is 0. The fourth-order valence-corrected chi connectivity index (χ4v) is 12.5. The Morgan fingerprint density at radius 2 is 0.853 bits per heavy atom. The average molecular weight is 899 g/mol. The molecule has 2 heterocycles. The van der Waals surface area contributed by atoms with E-state index in [1.165, 1.54) is 132 Å². The summed E-state index contributed by atoms with van der Waals surface area (Å²) in [4.78, 5) is 5.33. The van der Waals surface area contributed by atoms with E-state index < -0.39 is 0 Å². The molecule has 0 fully saturated rings. The lowest BCUT2D eigenvalue weighted by atomic mass is 9.33. The Morgan fingerprint density at radius 3 is 1.41 bits per heavy atom. The number of fused-ring (bicyclic) bond motifs is 6. The Kier molecular flexibility index (Phi) is 10.3. The number of benzene rings is 6. The van der Waals surface area contributed by atoms with Crippen LogP contribution in [-0.2, 0) is 37.9 Å². The monoisotopic (exact) mass is 899 g/mol. The number of nitrogens with zero attached hydrogens (tertiary/aromatic N) is 2. The van der Waals surface area contributed by atoms with Crippen molar-refractivity contribution in [1.82, 2.24) is 0 Å². The summed E-state index contributed by atoms with van der Waals surface area (Å²) in [6, 6.07) is 42.2. The highest BCUT2D eigenvalue weighted by Crippen LogP contribution is 2.53. The molecule has 0 aromatic heterocycles. The largest absolute Gasteiger partial charge is 0.311 e. The van der Waals surface area contributed by atoms with E-state index in [0.29, 0.717) is 0 Å². The van der Waals surface area contributed by atoms with Crippen LogP contribution in [-0.4, -0.2) is 6.71 Å². The van der Waals surface area contributed by atoms with Crippen LogP contribution in [0.5, 0.6) is 0 Å². The van der Waals surface area contributed by atoms with E-state index >= 15 is 0 Å². The van der Waals surface area contributed by atoms with Gasteiger partial charge in [-0.3, -0.25) is 0 Å². The maximum Gasteiger partial charge on any atom is 0.252 e. The molecule has 6 aromatic carbocycles. The zero-order chi connectivity index (χ0) is 49.1. The molecule has 0 atom stereocenters. The second-order valence-corrected chi connectivity index (χ2v) is 27.4. The van der Waals surface area contributed by atoms with Gasteiger partial charge in [-0.05, 0) is 186 Å². The lowest BCUT2D eigenvalue weighted by Crippen LogP contribution is -2.62. The zero-order valence-corrected chi connectivity index (χ0v) is 45.1. The first-order valence-corrected chi connectivity index (χ1v) is 26.0. The highest BCUT2D eigenvalue weighted by Gasteiger charge is 2.47. The molecule has 68 heavy (non-hydrogen) atoms. The minimum absolute atomic E-state index is 0.0155. The Hall–Kier alpha value is -5.02. The van der Waals surface area contributed by atoms with Crippen LogP contribution in [0.15, 0.2) is 103 Å². The van der Waals surface area contributed by atoms with Gasteiger partial charge in [0.1, 0.15) is 0 Å². The van der Waals surface area contributed by atoms with Crippen LogP contribution in [0.4, 0.5) is 34.1 Å². The standard InChI is InChI=1S/C65H79BN2/c1-40-33-56-58-57(34-40)68(53-27-22-43(60(5,6)7)36-46(53)41-19-26-47-48(35-41)63(13,14)30-29-62(47,11)12)55-39-50-49(64(15,16)31-32-65(50,17)18)38-52(55)66(58)51-37-44(61(8,9)10)23-28-54(51)67(56)45-24-20-42(21-25-45)59(2,3)4/h19-28,33-39H,29-32H2,1-18H3. The van der Waals surface area contributed by atoms with Gasteiger partial charge < -0.3 is 9.80 Å². The first kappa shape index (κ1) is 46.7. The highest BCUT2D eigenvalue weighted by molar-refractivity contribution is 7.00. The molecule has 0 amide bonds. The molecule has 4 aliphatic rings. The normalized spacial score (nSPS) is 18.6. The van der Waals surface area contributed by atoms with Crippen molar-refractivity contribution in [3.8, 4) is 11.1 Å². The third-order valence-corrected chi connectivity index (χ3v) is 17.3. The molecular weight excluding hydrogens is 820 g/mol. The van der Waals surface area contributed by atoms with Crippen molar-refractivity contribution in [2.24, 2.45) is 0 Å². The second-order valence-electron chi connectivity index (χ2n) is 27.4. The lowest BCUT2D eigenvalue weighted by Gasteiger charge is -2.48. The van der Waals surface area contributed by atoms with Gasteiger partial charge in [0, 0.05) is 34.0 Å². The van der Waals surface area contributed by atoms with Gasteiger partial charge in [-0.2, -0.15) is 0 Å². The SMILES string of the molecule is Cc1cc2c3c(c1)N(c1ccc(C(C)(C)C)cc1-c1ccc4c(c1)C(C)(C)CCC4(C)C)c1cc4c(cc1B3c1cc(C(C)(C)C)ccc1N2c1ccc(C(C)(C)C)cc1)C(C)(C)CCC4(C)C. The fourth-order valence-electron chi connectivity index (χ4n) is 12.5. The first-order valence-electron chi connectivity index (χ1n) is 26.0. The molecule has 0 radical (unpaired) electrons. The van der Waals surface area contributed by atoms with Crippen molar-refractivity contribution < 1.29 is 0 Å². The summed E-state index contributed by atoms with van der Waals surface area (Å²) in [6.07, 6.45) is 4.74. The smallest absolute Gasteiger partial charge is 0.252 e. The molecule has 3 heteroatoms. The predicted molar refractivity (Wildman–Crippen MR) is 297 cm³/mol. The Bertz CT molecular complexity index is 3030. The van der Waals surface area contributed by atoms with E-state index in [0.717, 1.165) is 0 Å². The third kappa shape index (κ3) is 7.42. The first-order chi connectivity index (χ1) is 31.5. The number of hydrogen-bond acceptors (Lipinski definition) is 2. The molecule has 6 aromatic rings. The minimum Gasteiger partial charge on any atom is -0.311 e. The Morgan fingerprint density at radius 1 is 0.397 bits per heavy atom. The van der Waals surface area contributed by atoms with Crippen LogP contribution in [0, 0.1) is 6.92 Å². The summed E-state index contributed by atoms with van der Waals surface area (Å²) in [5, 5.41) is 0. The number of aryl methyl sites for hydroxylation is 1. The van der Waals surface area contributed by atoms with Crippen LogP contribution >= 0.6 is 0 Å². The molecule has 352 valence electrons. The van der Waals surface area contributed by atoms with Crippen LogP contribution in [0.3, 0.4) is 0 Å². The average Bonchev–Trinajstić information content (AvgIpc) is 3.25. The molecule has 0 N–H and O–H groups in total. The molecule has 2 aliphatic carbocycles. The number of anilines is 6. The van der Waals surface area contributed by atoms with Crippen molar-refractivity contribution in [2.45, 2.75) is 188 Å². The molecule has 0 unspecified atom stereocenters. The van der Waals surface area contributed by atoms with Crippen molar-refractivity contribution in [2.75, 3.05) is 9.80 Å². The summed E-state index contributed by atoms with van der Waals surface area (Å²) in [5.74, 6) is 0. The predicted octanol–water partition coefficient (Wildman–Crippen LogP) is 16.3. The minimum atomic E-state index is -0.0255. The van der Waals surface area contributed by atoms with Crippen LogP contribution in [0.25, 0.3) is 11.1 Å². The van der Waals surface area contributed by atoms with E-state index in [9.17, 15) is 0 Å². The lowest BCUT2D eigenvalue weighted by molar-refractivity contribution is 0.332. The van der Waals surface area contributed by atoms with E-state index in [4.69, 9.17) is 0 Å². The fraction of sp³-hybridized carbons (Fsp3) is 0.446. The molecule has 0 saturated heterocycles. The molecule has 2 aliphatic heterocycles. The molecule has 10 rings (SSSR count). The van der Waals surface area contributed by atoms with Crippen molar-refractivity contribution in [1.29, 1.82) is 0 Å². The summed E-state index contributed by atoms with van der Waals surface area (Å²) < 4.78 is 0. The van der Waals surface area contributed by atoms with Crippen LogP contribution in [0.1, 0.15) is 188 Å². The van der Waals surface area contributed by atoms with Gasteiger partial charge in [0.25, 0.3) is 6.71 Å². The van der Waals surface area contributed by atoms with Crippen molar-refractivity contribution in [3.63, 3.8) is 0 Å². The topological polar surface area (TPSA) is 6.48 Å². The molecule has 0 bridgehead atoms. The van der Waals surface area contributed by atoms with Gasteiger partial charge in [0.05, 0.1) is 5.69 Å². The van der Waals surface area contributed by atoms with Crippen LogP contribution in [0.2, 0.25) is 0 Å². The van der Waals surface area contributed by atoms with Gasteiger partial charge in [-0.25, -0.2) is 0 Å². The van der Waals surface area contributed by atoms with E-state index in [-0.39, 0.29) is 44.6 Å². The maximum atomic E-state index is 2.73. The van der Waals surface area contributed by atoms with E-state index in [1.54, 1.807) is 0 Å². The van der Waals surface area contributed by atoms with Gasteiger partial charge in [0.2, 0.25) is 0 Å². The van der Waals surface area contributed by atoms with E-state index in [2.05, 4.69) is 238 Å². The third-order valence-electron chi connectivity index (χ3n) is 17.3. The quantitative estimate of drug-likeness (QED) is 0.163. The zero-order valence-electron chi connectivity index (χ0n) is 45.1. The molecule has 0 saturated carbocycles. The van der Waals surface area contributed by atoms with Gasteiger partial charge in [-0.1, -0.05) is 172 Å². The Labute approximate surface area is 412 Å². The summed E-state index contributed by atoms with van der Waals surface area (Å²) in [7, 11) is 0. The van der Waals surface area contributed by atoms with Gasteiger partial charge in [-0.15, -0.1) is 0 Å². The number of rotatable bonds is 3. The van der Waals surface area contributed by atoms with Crippen molar-refractivity contribution >= 4 is 57.2 Å². The summed E-state index contributed by atoms with van der Waals surface area (Å²) in [5.41, 5.74) is 26.2. The molecule has 2 nitrogen and oxygen atoms in total. The van der Waals surface area contributed by atoms with Gasteiger partial charge in [0.15, 0.2) is 0 Å². The highest BCUT2D eigenvalue weighted by atomic mass is 15.2. The maximum absolute atomic E-state index is 2.73. The molecular formula is C65H79BN2. The Balaban J connectivity index is 1.33. The molecule has 0 spiro atoms. The second kappa shape index (κ2) is 15.0. The van der Waals surface area contributed by atoms with Crippen molar-refractivity contribution in [3.05, 3.63) is 148 Å².